The second-order valence-corrected chi connectivity index (χ2v) is 8.25. The summed E-state index contributed by atoms with van der Waals surface area (Å²) in [6, 6.07) is 6.43. The Kier molecular flexibility index (Phi) is 5.00. The molecule has 5 aromatic heterocycles. The lowest BCUT2D eigenvalue weighted by Crippen LogP contribution is -2.37. The van der Waals surface area contributed by atoms with Gasteiger partial charge in [0.2, 0.25) is 0 Å². The summed E-state index contributed by atoms with van der Waals surface area (Å²) in [5, 5.41) is 12.2. The summed E-state index contributed by atoms with van der Waals surface area (Å²) in [5.74, 6) is -0.121. The smallest absolute Gasteiger partial charge is 0.402 e. The standard InChI is InChI=1S/C22H14F6N8O/c23-21(24,25)11-4-5-14(29-9-11)19-32-33-20(37-19)35-7-6-13-17(31-10-30-13)18(35)15-8-12-2-1-3-16(22(26,27)28)36(12)34-15/h1-5,8-10,18H,6-7H2,(H,30,31)/t18-/m0/s1. The normalized spacial score (nSPS) is 16.4. The number of anilines is 1. The van der Waals surface area contributed by atoms with Gasteiger partial charge in [0.05, 0.1) is 28.8 Å². The van der Waals surface area contributed by atoms with E-state index in [-0.39, 0.29) is 28.8 Å². The van der Waals surface area contributed by atoms with Gasteiger partial charge in [0, 0.05) is 24.9 Å². The molecule has 1 atom stereocenters. The van der Waals surface area contributed by atoms with Gasteiger partial charge in [-0.2, -0.15) is 31.4 Å². The maximum Gasteiger partial charge on any atom is 0.433 e. The van der Waals surface area contributed by atoms with Crippen molar-refractivity contribution in [2.24, 2.45) is 0 Å². The zero-order valence-corrected chi connectivity index (χ0v) is 18.4. The molecule has 0 fully saturated rings. The summed E-state index contributed by atoms with van der Waals surface area (Å²) in [4.78, 5) is 12.8. The molecule has 0 spiro atoms. The van der Waals surface area contributed by atoms with E-state index in [1.54, 1.807) is 4.90 Å². The van der Waals surface area contributed by atoms with Crippen LogP contribution in [0.5, 0.6) is 0 Å². The minimum atomic E-state index is -4.62. The van der Waals surface area contributed by atoms with Gasteiger partial charge in [-0.3, -0.25) is 4.98 Å². The van der Waals surface area contributed by atoms with Gasteiger partial charge >= 0.3 is 18.4 Å². The van der Waals surface area contributed by atoms with Gasteiger partial charge in [-0.1, -0.05) is 11.2 Å². The predicted molar refractivity (Wildman–Crippen MR) is 114 cm³/mol. The summed E-state index contributed by atoms with van der Waals surface area (Å²) in [5.41, 5.74) is -0.0419. The number of H-pyrrole nitrogens is 1. The van der Waals surface area contributed by atoms with E-state index in [4.69, 9.17) is 4.42 Å². The number of aromatic nitrogens is 7. The van der Waals surface area contributed by atoms with Crippen LogP contribution in [0.1, 0.15) is 34.4 Å². The number of alkyl halides is 6. The van der Waals surface area contributed by atoms with E-state index in [9.17, 15) is 26.3 Å². The summed E-state index contributed by atoms with van der Waals surface area (Å²) < 4.78 is 85.8. The molecule has 6 heterocycles. The van der Waals surface area contributed by atoms with Crippen molar-refractivity contribution in [3.63, 3.8) is 0 Å². The number of halogens is 6. The second-order valence-electron chi connectivity index (χ2n) is 8.25. The molecule has 0 saturated heterocycles. The number of hydrogen-bond donors (Lipinski definition) is 1. The molecular weight excluding hydrogens is 506 g/mol. The molecule has 9 nitrogen and oxygen atoms in total. The van der Waals surface area contributed by atoms with Crippen LogP contribution in [-0.2, 0) is 18.8 Å². The number of imidazole rings is 1. The Morgan fingerprint density at radius 3 is 2.54 bits per heavy atom. The molecule has 1 N–H and O–H groups in total. The molecule has 37 heavy (non-hydrogen) atoms. The molecule has 0 radical (unpaired) electrons. The molecule has 0 amide bonds. The van der Waals surface area contributed by atoms with Crippen LogP contribution in [0.3, 0.4) is 0 Å². The average molecular weight is 520 g/mol. The number of nitrogens with one attached hydrogen (secondary N) is 1. The Morgan fingerprint density at radius 2 is 1.81 bits per heavy atom. The van der Waals surface area contributed by atoms with Crippen molar-refractivity contribution >= 4 is 11.5 Å². The predicted octanol–water partition coefficient (Wildman–Crippen LogP) is 4.69. The maximum atomic E-state index is 13.6. The highest BCUT2D eigenvalue weighted by Crippen LogP contribution is 2.38. The minimum absolute atomic E-state index is 0.0107. The first-order valence-electron chi connectivity index (χ1n) is 10.8. The lowest BCUT2D eigenvalue weighted by molar-refractivity contribution is -0.142. The van der Waals surface area contributed by atoms with Gasteiger partial charge in [0.15, 0.2) is 0 Å². The van der Waals surface area contributed by atoms with E-state index in [0.717, 1.165) is 28.4 Å². The largest absolute Gasteiger partial charge is 0.433 e. The molecule has 1 aliphatic heterocycles. The first-order chi connectivity index (χ1) is 17.6. The van der Waals surface area contributed by atoms with Gasteiger partial charge in [-0.25, -0.2) is 9.50 Å². The molecule has 15 heteroatoms. The zero-order chi connectivity index (χ0) is 25.9. The summed E-state index contributed by atoms with van der Waals surface area (Å²) in [6.45, 7) is 0.321. The Morgan fingerprint density at radius 1 is 0.973 bits per heavy atom. The Hall–Kier alpha value is -4.43. The van der Waals surface area contributed by atoms with E-state index in [0.29, 0.717) is 24.9 Å². The second kappa shape index (κ2) is 8.04. The number of hydrogen-bond acceptors (Lipinski definition) is 7. The molecule has 0 saturated carbocycles. The molecule has 6 rings (SSSR count). The molecule has 0 aliphatic carbocycles. The monoisotopic (exact) mass is 520 g/mol. The van der Waals surface area contributed by atoms with E-state index in [1.807, 2.05) is 0 Å². The summed E-state index contributed by atoms with van der Waals surface area (Å²) in [7, 11) is 0. The third kappa shape index (κ3) is 3.95. The van der Waals surface area contributed by atoms with Crippen molar-refractivity contribution in [2.45, 2.75) is 24.8 Å². The van der Waals surface area contributed by atoms with Crippen molar-refractivity contribution in [2.75, 3.05) is 11.4 Å². The van der Waals surface area contributed by atoms with Crippen LogP contribution in [0.15, 0.2) is 53.3 Å². The Labute approximate surface area is 202 Å². The van der Waals surface area contributed by atoms with Crippen LogP contribution in [-0.4, -0.2) is 41.3 Å². The first-order valence-corrected chi connectivity index (χ1v) is 10.8. The van der Waals surface area contributed by atoms with Gasteiger partial charge in [-0.15, -0.1) is 5.10 Å². The van der Waals surface area contributed by atoms with Crippen molar-refractivity contribution in [3.8, 4) is 11.6 Å². The number of fused-ring (bicyclic) bond motifs is 2. The first kappa shape index (κ1) is 23.0. The highest BCUT2D eigenvalue weighted by molar-refractivity contribution is 5.54. The summed E-state index contributed by atoms with van der Waals surface area (Å²) >= 11 is 0. The fourth-order valence-corrected chi connectivity index (χ4v) is 4.29. The summed E-state index contributed by atoms with van der Waals surface area (Å²) in [6.07, 6.45) is -6.54. The highest BCUT2D eigenvalue weighted by atomic mass is 19.4. The van der Waals surface area contributed by atoms with E-state index in [2.05, 4.69) is 30.2 Å². The van der Waals surface area contributed by atoms with Crippen LogP contribution in [0.25, 0.3) is 17.1 Å². The minimum Gasteiger partial charge on any atom is -0.402 e. The molecule has 0 bridgehead atoms. The fourth-order valence-electron chi connectivity index (χ4n) is 4.29. The van der Waals surface area contributed by atoms with Crippen molar-refractivity contribution in [3.05, 3.63) is 77.3 Å². The van der Waals surface area contributed by atoms with Crippen molar-refractivity contribution in [1.29, 1.82) is 0 Å². The van der Waals surface area contributed by atoms with Crippen LogP contribution in [0.2, 0.25) is 0 Å². The average Bonchev–Trinajstić information content (AvgIpc) is 3.61. The van der Waals surface area contributed by atoms with Crippen LogP contribution >= 0.6 is 0 Å². The molecule has 0 unspecified atom stereocenters. The molecule has 0 aromatic carbocycles. The number of aromatic amines is 1. The number of pyridine rings is 2. The Balaban J connectivity index is 1.40. The third-order valence-electron chi connectivity index (χ3n) is 5.97. The molecule has 1 aliphatic rings. The Bertz CT molecular complexity index is 1580. The van der Waals surface area contributed by atoms with Crippen molar-refractivity contribution < 1.29 is 30.8 Å². The highest BCUT2D eigenvalue weighted by Gasteiger charge is 2.38. The quantitative estimate of drug-likeness (QED) is 0.345. The van der Waals surface area contributed by atoms with Gasteiger partial charge in [-0.05, 0) is 30.3 Å². The van der Waals surface area contributed by atoms with E-state index in [1.165, 1.54) is 24.5 Å². The molecular formula is C22H14F6N8O. The lowest BCUT2D eigenvalue weighted by Gasteiger charge is -2.32. The van der Waals surface area contributed by atoms with E-state index >= 15 is 0 Å². The molecule has 5 aromatic rings. The van der Waals surface area contributed by atoms with Crippen molar-refractivity contribution in [1.82, 2.24) is 34.8 Å². The van der Waals surface area contributed by atoms with Crippen LogP contribution in [0.4, 0.5) is 32.4 Å². The van der Waals surface area contributed by atoms with Crippen LogP contribution < -0.4 is 4.90 Å². The fraction of sp³-hybridized carbons (Fsp3) is 0.227. The SMILES string of the molecule is FC(F)(F)c1ccc(-c2nnc(N3CCc4[nH]cnc4[C@@H]3c3cc4cccc(C(F)(F)F)n4n3)o2)nc1. The van der Waals surface area contributed by atoms with Crippen LogP contribution in [0, 0.1) is 0 Å². The third-order valence-corrected chi connectivity index (χ3v) is 5.97. The maximum absolute atomic E-state index is 13.6. The number of rotatable bonds is 3. The topological polar surface area (TPSA) is 101 Å². The van der Waals surface area contributed by atoms with Gasteiger partial charge in [0.25, 0.3) is 5.89 Å². The van der Waals surface area contributed by atoms with E-state index < -0.39 is 29.7 Å². The number of nitrogens with zero attached hydrogens (tertiary/aromatic N) is 7. The zero-order valence-electron chi connectivity index (χ0n) is 18.4. The lowest BCUT2D eigenvalue weighted by atomic mass is 10.0. The van der Waals surface area contributed by atoms with Gasteiger partial charge in [0.1, 0.15) is 17.4 Å². The van der Waals surface area contributed by atoms with Gasteiger partial charge < -0.3 is 14.3 Å². The molecule has 190 valence electrons.